The average Bonchev–Trinajstić information content (AvgIpc) is 3.02. The van der Waals surface area contributed by atoms with E-state index >= 15 is 0 Å². The van der Waals surface area contributed by atoms with Gasteiger partial charge in [-0.25, -0.2) is 0 Å². The molecule has 1 fully saturated rings. The number of nitrogens with zero attached hydrogens (tertiary/aromatic N) is 3. The SMILES string of the molecule is Cc1nnc2cc(C(=O)NC3CC3)ccn12. The fourth-order valence-electron chi connectivity index (χ4n) is 1.65. The van der Waals surface area contributed by atoms with Gasteiger partial charge >= 0.3 is 0 Å². The van der Waals surface area contributed by atoms with Crippen molar-refractivity contribution < 1.29 is 4.79 Å². The average molecular weight is 216 g/mol. The summed E-state index contributed by atoms with van der Waals surface area (Å²) in [6.45, 7) is 1.88. The monoisotopic (exact) mass is 216 g/mol. The first kappa shape index (κ1) is 9.33. The second-order valence-electron chi connectivity index (χ2n) is 4.14. The molecule has 1 N–H and O–H groups in total. The molecule has 0 saturated heterocycles. The molecule has 0 aliphatic heterocycles. The number of pyridine rings is 1. The predicted molar refractivity (Wildman–Crippen MR) is 58.2 cm³/mol. The smallest absolute Gasteiger partial charge is 0.251 e. The molecule has 3 rings (SSSR count). The molecule has 1 aliphatic rings. The molecule has 0 bridgehead atoms. The molecule has 1 saturated carbocycles. The van der Waals surface area contributed by atoms with Gasteiger partial charge in [-0.15, -0.1) is 10.2 Å². The zero-order valence-electron chi connectivity index (χ0n) is 8.97. The number of hydrogen-bond acceptors (Lipinski definition) is 3. The Balaban J connectivity index is 1.94. The highest BCUT2D eigenvalue weighted by molar-refractivity contribution is 5.95. The Bertz CT molecular complexity index is 556. The molecule has 2 aromatic rings. The quantitative estimate of drug-likeness (QED) is 0.812. The van der Waals surface area contributed by atoms with Gasteiger partial charge in [-0.05, 0) is 31.9 Å². The molecule has 2 heterocycles. The highest BCUT2D eigenvalue weighted by Gasteiger charge is 2.23. The highest BCUT2D eigenvalue weighted by Crippen LogP contribution is 2.19. The van der Waals surface area contributed by atoms with E-state index in [2.05, 4.69) is 15.5 Å². The van der Waals surface area contributed by atoms with Crippen LogP contribution in [-0.2, 0) is 0 Å². The first-order chi connectivity index (χ1) is 7.74. The molecule has 5 nitrogen and oxygen atoms in total. The van der Waals surface area contributed by atoms with Crippen LogP contribution >= 0.6 is 0 Å². The molecule has 0 atom stereocenters. The minimum absolute atomic E-state index is 0.0225. The predicted octanol–water partition coefficient (Wildman–Crippen LogP) is 0.930. The second kappa shape index (κ2) is 3.30. The third-order valence-corrected chi connectivity index (χ3v) is 2.76. The lowest BCUT2D eigenvalue weighted by molar-refractivity contribution is 0.0951. The molecule has 1 amide bonds. The standard InChI is InChI=1S/C11H12N4O/c1-7-13-14-10-6-8(4-5-15(7)10)11(16)12-9-2-3-9/h4-6,9H,2-3H2,1H3,(H,12,16). The molecule has 5 heteroatoms. The Labute approximate surface area is 92.5 Å². The van der Waals surface area contributed by atoms with Crippen LogP contribution in [0.25, 0.3) is 5.65 Å². The minimum atomic E-state index is -0.0225. The van der Waals surface area contributed by atoms with E-state index < -0.39 is 0 Å². The molecular formula is C11H12N4O. The molecule has 0 radical (unpaired) electrons. The van der Waals surface area contributed by atoms with Crippen LogP contribution in [0.4, 0.5) is 0 Å². The van der Waals surface area contributed by atoms with Gasteiger partial charge in [0, 0.05) is 17.8 Å². The Morgan fingerprint density at radius 3 is 3.06 bits per heavy atom. The van der Waals surface area contributed by atoms with E-state index in [1.54, 1.807) is 12.1 Å². The van der Waals surface area contributed by atoms with E-state index in [0.29, 0.717) is 17.3 Å². The van der Waals surface area contributed by atoms with Crippen LogP contribution in [0.2, 0.25) is 0 Å². The van der Waals surface area contributed by atoms with E-state index in [-0.39, 0.29) is 5.91 Å². The number of carbonyl (C=O) groups is 1. The summed E-state index contributed by atoms with van der Waals surface area (Å²) in [5.74, 6) is 0.801. The number of hydrogen-bond donors (Lipinski definition) is 1. The number of amides is 1. The maximum Gasteiger partial charge on any atom is 0.251 e. The Kier molecular flexibility index (Phi) is 1.92. The zero-order valence-corrected chi connectivity index (χ0v) is 8.97. The van der Waals surface area contributed by atoms with E-state index in [1.165, 1.54) is 0 Å². The number of fused-ring (bicyclic) bond motifs is 1. The molecule has 0 spiro atoms. The molecule has 0 unspecified atom stereocenters. The normalized spacial score (nSPS) is 15.3. The van der Waals surface area contributed by atoms with E-state index in [0.717, 1.165) is 18.7 Å². The van der Waals surface area contributed by atoms with Gasteiger partial charge in [0.15, 0.2) is 5.65 Å². The van der Waals surface area contributed by atoms with Crippen LogP contribution in [0.1, 0.15) is 29.0 Å². The van der Waals surface area contributed by atoms with Crippen LogP contribution in [0.5, 0.6) is 0 Å². The first-order valence-corrected chi connectivity index (χ1v) is 5.36. The number of nitrogens with one attached hydrogen (secondary N) is 1. The Morgan fingerprint density at radius 2 is 2.31 bits per heavy atom. The lowest BCUT2D eigenvalue weighted by Gasteiger charge is -2.03. The molecule has 2 aromatic heterocycles. The van der Waals surface area contributed by atoms with Gasteiger partial charge in [0.25, 0.3) is 5.91 Å². The van der Waals surface area contributed by atoms with Gasteiger partial charge in [-0.1, -0.05) is 0 Å². The summed E-state index contributed by atoms with van der Waals surface area (Å²) in [5.41, 5.74) is 1.35. The molecular weight excluding hydrogens is 204 g/mol. The minimum Gasteiger partial charge on any atom is -0.349 e. The lowest BCUT2D eigenvalue weighted by atomic mass is 10.2. The fraction of sp³-hybridized carbons (Fsp3) is 0.364. The van der Waals surface area contributed by atoms with Crippen molar-refractivity contribution in [2.24, 2.45) is 0 Å². The van der Waals surface area contributed by atoms with Crippen molar-refractivity contribution in [2.45, 2.75) is 25.8 Å². The molecule has 16 heavy (non-hydrogen) atoms. The van der Waals surface area contributed by atoms with Gasteiger partial charge in [-0.3, -0.25) is 9.20 Å². The van der Waals surface area contributed by atoms with Crippen molar-refractivity contribution in [1.82, 2.24) is 19.9 Å². The number of aromatic nitrogens is 3. The maximum atomic E-state index is 11.8. The molecule has 1 aliphatic carbocycles. The van der Waals surface area contributed by atoms with Crippen LogP contribution < -0.4 is 5.32 Å². The summed E-state index contributed by atoms with van der Waals surface area (Å²) in [6, 6.07) is 3.93. The number of aryl methyl sites for hydroxylation is 1. The van der Waals surface area contributed by atoms with Crippen LogP contribution in [-0.4, -0.2) is 26.5 Å². The summed E-state index contributed by atoms with van der Waals surface area (Å²) in [7, 11) is 0. The Hall–Kier alpha value is -1.91. The van der Waals surface area contributed by atoms with Crippen molar-refractivity contribution >= 4 is 11.6 Å². The summed E-state index contributed by atoms with van der Waals surface area (Å²) in [6.07, 6.45) is 4.02. The van der Waals surface area contributed by atoms with Crippen LogP contribution in [0.15, 0.2) is 18.3 Å². The number of rotatable bonds is 2. The summed E-state index contributed by atoms with van der Waals surface area (Å²) in [5, 5.41) is 10.9. The summed E-state index contributed by atoms with van der Waals surface area (Å²) in [4.78, 5) is 11.8. The molecule has 82 valence electrons. The van der Waals surface area contributed by atoms with Crippen molar-refractivity contribution in [2.75, 3.05) is 0 Å². The topological polar surface area (TPSA) is 59.3 Å². The third kappa shape index (κ3) is 1.54. The Morgan fingerprint density at radius 1 is 1.50 bits per heavy atom. The van der Waals surface area contributed by atoms with E-state index in [4.69, 9.17) is 0 Å². The van der Waals surface area contributed by atoms with E-state index in [1.807, 2.05) is 17.5 Å². The zero-order chi connectivity index (χ0) is 11.1. The van der Waals surface area contributed by atoms with Gasteiger partial charge in [0.1, 0.15) is 5.82 Å². The van der Waals surface area contributed by atoms with Crippen molar-refractivity contribution in [1.29, 1.82) is 0 Å². The largest absolute Gasteiger partial charge is 0.349 e. The van der Waals surface area contributed by atoms with Crippen LogP contribution in [0.3, 0.4) is 0 Å². The summed E-state index contributed by atoms with van der Waals surface area (Å²) >= 11 is 0. The second-order valence-corrected chi connectivity index (χ2v) is 4.14. The van der Waals surface area contributed by atoms with Gasteiger partial charge in [0.2, 0.25) is 0 Å². The fourth-order valence-corrected chi connectivity index (χ4v) is 1.65. The summed E-state index contributed by atoms with van der Waals surface area (Å²) < 4.78 is 1.86. The lowest BCUT2D eigenvalue weighted by Crippen LogP contribution is -2.25. The first-order valence-electron chi connectivity index (χ1n) is 5.36. The van der Waals surface area contributed by atoms with Gasteiger partial charge < -0.3 is 5.32 Å². The van der Waals surface area contributed by atoms with Crippen molar-refractivity contribution in [3.05, 3.63) is 29.7 Å². The van der Waals surface area contributed by atoms with Gasteiger partial charge in [0.05, 0.1) is 0 Å². The number of carbonyl (C=O) groups excluding carboxylic acids is 1. The van der Waals surface area contributed by atoms with E-state index in [9.17, 15) is 4.79 Å². The maximum absolute atomic E-state index is 11.8. The third-order valence-electron chi connectivity index (χ3n) is 2.76. The highest BCUT2D eigenvalue weighted by atomic mass is 16.1. The van der Waals surface area contributed by atoms with Crippen LogP contribution in [0, 0.1) is 6.92 Å². The molecule has 0 aromatic carbocycles. The van der Waals surface area contributed by atoms with Gasteiger partial charge in [-0.2, -0.15) is 0 Å². The van der Waals surface area contributed by atoms with Crippen molar-refractivity contribution in [3.63, 3.8) is 0 Å². The van der Waals surface area contributed by atoms with Crippen molar-refractivity contribution in [3.8, 4) is 0 Å².